The fourth-order valence-electron chi connectivity index (χ4n) is 4.72. The first kappa shape index (κ1) is 23.0. The molecule has 3 aliphatic rings. The highest BCUT2D eigenvalue weighted by Gasteiger charge is 2.32. The van der Waals surface area contributed by atoms with E-state index >= 15 is 0 Å². The molecular weight excluding hydrogens is 479 g/mol. The number of carbonyl (C=O) groups is 1. The molecule has 2 fully saturated rings. The molecule has 0 aromatic heterocycles. The molecule has 0 amide bonds. The molecule has 0 radical (unpaired) electrons. The van der Waals surface area contributed by atoms with Crippen molar-refractivity contribution in [2.75, 3.05) is 0 Å². The largest absolute Gasteiger partial charge is 0.457 e. The average molecular weight is 514 g/mol. The van der Waals surface area contributed by atoms with E-state index in [1.807, 2.05) is 10.2 Å². The molecule has 2 saturated heterocycles. The number of fused-ring (bicyclic) bond motifs is 4. The zero-order chi connectivity index (χ0) is 20.8. The van der Waals surface area contributed by atoms with Gasteiger partial charge in [-0.1, -0.05) is 60.7 Å². The van der Waals surface area contributed by atoms with E-state index in [0.29, 0.717) is 12.0 Å². The molecule has 3 unspecified atom stereocenters. The van der Waals surface area contributed by atoms with Crippen LogP contribution >= 0.6 is 22.6 Å². The summed E-state index contributed by atoms with van der Waals surface area (Å²) in [5.41, 5.74) is 1.17. The number of carbonyl (C=O) groups excluding carboxylic acids is 1. The van der Waals surface area contributed by atoms with Gasteiger partial charge in [-0.2, -0.15) is 0 Å². The van der Waals surface area contributed by atoms with Gasteiger partial charge < -0.3 is 14.2 Å². The molecule has 162 valence electrons. The summed E-state index contributed by atoms with van der Waals surface area (Å²) >= 11 is 2.18. The lowest BCUT2D eigenvalue weighted by atomic mass is 9.90. The van der Waals surface area contributed by atoms with Crippen LogP contribution in [0.2, 0.25) is 0 Å². The van der Waals surface area contributed by atoms with Crippen molar-refractivity contribution in [2.24, 2.45) is 11.8 Å². The second-order valence-electron chi connectivity index (χ2n) is 9.02. The van der Waals surface area contributed by atoms with Crippen molar-refractivity contribution in [1.29, 1.82) is 0 Å². The van der Waals surface area contributed by atoms with Crippen molar-refractivity contribution >= 4 is 28.6 Å². The fourth-order valence-corrected chi connectivity index (χ4v) is 5.13. The highest BCUT2D eigenvalue weighted by atomic mass is 127. The first-order valence-corrected chi connectivity index (χ1v) is 12.3. The summed E-state index contributed by atoms with van der Waals surface area (Å²) in [4.78, 5) is 12.6. The molecule has 7 atom stereocenters. The van der Waals surface area contributed by atoms with Crippen LogP contribution < -0.4 is 0 Å². The Hall–Kier alpha value is -0.660. The predicted octanol–water partition coefficient (Wildman–Crippen LogP) is 5.90. The van der Waals surface area contributed by atoms with E-state index in [9.17, 15) is 4.79 Å². The highest BCUT2D eigenvalue weighted by Crippen LogP contribution is 2.33. The lowest BCUT2D eigenvalue weighted by Crippen LogP contribution is -2.37. The second kappa shape index (κ2) is 11.1. The lowest BCUT2D eigenvalue weighted by molar-refractivity contribution is -0.154. The maximum atomic E-state index is 12.6. The minimum Gasteiger partial charge on any atom is -0.457 e. The van der Waals surface area contributed by atoms with Gasteiger partial charge >= 0.3 is 5.97 Å². The SMILES string of the molecule is C=C1CC2CC(=O)OC(C=CI)[C@@H](C)C=C[C@H](C)C[C@H]3CCCC(C[C@@H](C1)O2)O3. The maximum absolute atomic E-state index is 12.6. The van der Waals surface area contributed by atoms with E-state index in [1.165, 1.54) is 12.0 Å². The number of cyclic esters (lactones) is 1. The molecule has 4 bridgehead atoms. The van der Waals surface area contributed by atoms with Crippen LogP contribution in [-0.2, 0) is 19.0 Å². The summed E-state index contributed by atoms with van der Waals surface area (Å²) < 4.78 is 20.5. The van der Waals surface area contributed by atoms with Gasteiger partial charge in [0.2, 0.25) is 0 Å². The van der Waals surface area contributed by atoms with Crippen molar-refractivity contribution in [3.8, 4) is 0 Å². The van der Waals surface area contributed by atoms with Crippen LogP contribution in [0.5, 0.6) is 0 Å². The fraction of sp³-hybridized carbons (Fsp3) is 0.708. The molecule has 5 heteroatoms. The van der Waals surface area contributed by atoms with Crippen molar-refractivity contribution in [1.82, 2.24) is 0 Å². The number of allylic oxidation sites excluding steroid dienone is 1. The third-order valence-electron chi connectivity index (χ3n) is 6.20. The quantitative estimate of drug-likeness (QED) is 0.248. The molecular formula is C24H35IO4. The van der Waals surface area contributed by atoms with Gasteiger partial charge in [0.25, 0.3) is 0 Å². The van der Waals surface area contributed by atoms with Gasteiger partial charge in [0, 0.05) is 12.3 Å². The first-order chi connectivity index (χ1) is 13.9. The van der Waals surface area contributed by atoms with Gasteiger partial charge in [-0.25, -0.2) is 0 Å². The number of hydrogen-bond donors (Lipinski definition) is 0. The van der Waals surface area contributed by atoms with Crippen molar-refractivity contribution < 1.29 is 19.0 Å². The van der Waals surface area contributed by atoms with Gasteiger partial charge in [-0.05, 0) is 54.6 Å². The Labute approximate surface area is 189 Å². The van der Waals surface area contributed by atoms with Crippen LogP contribution in [0.25, 0.3) is 0 Å². The Kier molecular flexibility index (Phi) is 8.81. The standard InChI is InChI=1S/C24H35IO4/c1-16-7-8-18(3)23(9-10-25)29-24(26)15-22-13-17(2)12-21(28-22)14-20-6-4-5-19(11-16)27-20/h7-10,16,18-23H,2,4-6,11-15H2,1,3H3/t16-,18-,19+,20?,21+,22?,23?/m0/s1. The molecule has 0 spiro atoms. The lowest BCUT2D eigenvalue weighted by Gasteiger charge is -2.37. The molecule has 29 heavy (non-hydrogen) atoms. The van der Waals surface area contributed by atoms with E-state index in [4.69, 9.17) is 14.2 Å². The Balaban J connectivity index is 1.78. The van der Waals surface area contributed by atoms with Gasteiger partial charge in [0.05, 0.1) is 30.8 Å². The summed E-state index contributed by atoms with van der Waals surface area (Å²) in [6, 6.07) is 0. The van der Waals surface area contributed by atoms with E-state index in [0.717, 1.165) is 38.5 Å². The average Bonchev–Trinajstić information content (AvgIpc) is 2.65. The molecule has 0 N–H and O–H groups in total. The minimum absolute atomic E-state index is 0.0898. The van der Waals surface area contributed by atoms with Crippen LogP contribution in [-0.4, -0.2) is 36.5 Å². The van der Waals surface area contributed by atoms with Crippen LogP contribution in [0.1, 0.15) is 65.2 Å². The van der Waals surface area contributed by atoms with Crippen LogP contribution in [0.4, 0.5) is 0 Å². The van der Waals surface area contributed by atoms with Gasteiger partial charge in [-0.15, -0.1) is 0 Å². The van der Waals surface area contributed by atoms with E-state index in [1.54, 1.807) is 0 Å². The zero-order valence-electron chi connectivity index (χ0n) is 17.7. The number of esters is 1. The Morgan fingerprint density at radius 1 is 1.00 bits per heavy atom. The first-order valence-electron chi connectivity index (χ1n) is 11.0. The maximum Gasteiger partial charge on any atom is 0.309 e. The molecule has 4 nitrogen and oxygen atoms in total. The van der Waals surface area contributed by atoms with Crippen LogP contribution in [0.15, 0.2) is 34.5 Å². The summed E-state index contributed by atoms with van der Waals surface area (Å²) in [6.07, 6.45) is 13.9. The summed E-state index contributed by atoms with van der Waals surface area (Å²) in [5, 5.41) is 0. The summed E-state index contributed by atoms with van der Waals surface area (Å²) in [5.74, 6) is 0.358. The molecule has 3 rings (SSSR count). The summed E-state index contributed by atoms with van der Waals surface area (Å²) in [7, 11) is 0. The smallest absolute Gasteiger partial charge is 0.309 e. The minimum atomic E-state index is -0.256. The Morgan fingerprint density at radius 3 is 2.45 bits per heavy atom. The Morgan fingerprint density at radius 2 is 1.69 bits per heavy atom. The molecule has 0 aromatic carbocycles. The van der Waals surface area contributed by atoms with Crippen LogP contribution in [0, 0.1) is 11.8 Å². The topological polar surface area (TPSA) is 44.8 Å². The van der Waals surface area contributed by atoms with E-state index in [2.05, 4.69) is 55.2 Å². The monoisotopic (exact) mass is 514 g/mol. The van der Waals surface area contributed by atoms with Gasteiger partial charge in [-0.3, -0.25) is 4.79 Å². The van der Waals surface area contributed by atoms with Crippen molar-refractivity contribution in [3.63, 3.8) is 0 Å². The van der Waals surface area contributed by atoms with Gasteiger partial charge in [0.15, 0.2) is 0 Å². The highest BCUT2D eigenvalue weighted by molar-refractivity contribution is 14.1. The van der Waals surface area contributed by atoms with E-state index < -0.39 is 0 Å². The van der Waals surface area contributed by atoms with Gasteiger partial charge in [0.1, 0.15) is 6.10 Å². The number of ether oxygens (including phenoxy) is 3. The Bertz CT molecular complexity index is 628. The molecule has 0 aliphatic carbocycles. The zero-order valence-corrected chi connectivity index (χ0v) is 19.9. The van der Waals surface area contributed by atoms with Crippen LogP contribution in [0.3, 0.4) is 0 Å². The predicted molar refractivity (Wildman–Crippen MR) is 124 cm³/mol. The molecule has 3 aliphatic heterocycles. The van der Waals surface area contributed by atoms with Crippen molar-refractivity contribution in [3.05, 3.63) is 34.5 Å². The van der Waals surface area contributed by atoms with E-state index in [-0.39, 0.29) is 42.7 Å². The van der Waals surface area contributed by atoms with Crippen molar-refractivity contribution in [2.45, 2.75) is 95.7 Å². The molecule has 0 saturated carbocycles. The third kappa shape index (κ3) is 7.21. The molecule has 0 aromatic rings. The normalized spacial score (nSPS) is 40.0. The number of rotatable bonds is 1. The summed E-state index contributed by atoms with van der Waals surface area (Å²) in [6.45, 7) is 8.55. The number of halogens is 1. The second-order valence-corrected chi connectivity index (χ2v) is 9.74. The molecule has 3 heterocycles. The third-order valence-corrected chi connectivity index (χ3v) is 6.62. The number of hydrogen-bond acceptors (Lipinski definition) is 4.